The fourth-order valence-electron chi connectivity index (χ4n) is 3.84. The number of ether oxygens (including phenoxy) is 1. The Labute approximate surface area is 260 Å². The van der Waals surface area contributed by atoms with Crippen LogP contribution in [-0.4, -0.2) is 35.6 Å². The highest BCUT2D eigenvalue weighted by molar-refractivity contribution is 8.00. The average molecular weight is 627 g/mol. The van der Waals surface area contributed by atoms with E-state index in [0.717, 1.165) is 15.5 Å². The monoisotopic (exact) mass is 626 g/mol. The molecule has 0 fully saturated rings. The van der Waals surface area contributed by atoms with Crippen molar-refractivity contribution >= 4 is 69.1 Å². The predicted molar refractivity (Wildman–Crippen MR) is 175 cm³/mol. The van der Waals surface area contributed by atoms with E-state index in [1.165, 1.54) is 23.1 Å². The Morgan fingerprint density at radius 3 is 2.47 bits per heavy atom. The van der Waals surface area contributed by atoms with Crippen molar-refractivity contribution in [3.8, 4) is 16.3 Å². The lowest BCUT2D eigenvalue weighted by Crippen LogP contribution is -2.30. The number of hydrogen-bond acceptors (Lipinski definition) is 8. The molecule has 43 heavy (non-hydrogen) atoms. The number of aromatic nitrogens is 1. The number of benzene rings is 3. The number of methoxy groups -OCH3 is 1. The summed E-state index contributed by atoms with van der Waals surface area (Å²) in [5.74, 6) is -0.242. The minimum absolute atomic E-state index is 0.0711. The molecule has 0 radical (unpaired) electrons. The molecule has 5 aromatic rings. The van der Waals surface area contributed by atoms with Gasteiger partial charge in [0, 0.05) is 21.5 Å². The van der Waals surface area contributed by atoms with Gasteiger partial charge in [0.15, 0.2) is 5.13 Å². The molecule has 0 aliphatic carbocycles. The van der Waals surface area contributed by atoms with Crippen LogP contribution in [0.1, 0.15) is 15.9 Å². The summed E-state index contributed by atoms with van der Waals surface area (Å²) in [6.45, 7) is 0. The van der Waals surface area contributed by atoms with Crippen molar-refractivity contribution in [3.05, 3.63) is 119 Å². The second-order valence-electron chi connectivity index (χ2n) is 8.99. The normalized spacial score (nSPS) is 11.0. The van der Waals surface area contributed by atoms with Crippen LogP contribution in [0, 0.1) is 0 Å². The maximum absolute atomic E-state index is 13.4. The number of thiophene rings is 1. The lowest BCUT2D eigenvalue weighted by atomic mass is 10.1. The van der Waals surface area contributed by atoms with E-state index in [0.29, 0.717) is 27.7 Å². The summed E-state index contributed by atoms with van der Waals surface area (Å²) in [7, 11) is 1.57. The molecule has 3 amide bonds. The number of rotatable bonds is 11. The van der Waals surface area contributed by atoms with Crippen LogP contribution >= 0.6 is 34.4 Å². The number of thioether (sulfide) groups is 1. The first-order valence-corrected chi connectivity index (χ1v) is 15.8. The van der Waals surface area contributed by atoms with Crippen LogP contribution in [-0.2, 0) is 9.59 Å². The Bertz CT molecular complexity index is 1730. The molecule has 0 unspecified atom stereocenters. The van der Waals surface area contributed by atoms with Gasteiger partial charge in [-0.1, -0.05) is 42.5 Å². The number of nitrogens with one attached hydrogen (secondary N) is 3. The van der Waals surface area contributed by atoms with E-state index in [1.807, 2.05) is 35.0 Å². The van der Waals surface area contributed by atoms with E-state index < -0.39 is 11.8 Å². The van der Waals surface area contributed by atoms with E-state index in [9.17, 15) is 14.4 Å². The summed E-state index contributed by atoms with van der Waals surface area (Å²) in [5, 5.41) is 12.9. The smallest absolute Gasteiger partial charge is 0.272 e. The van der Waals surface area contributed by atoms with Gasteiger partial charge in [0.1, 0.15) is 11.4 Å². The summed E-state index contributed by atoms with van der Waals surface area (Å²) in [5.41, 5.74) is 2.56. The van der Waals surface area contributed by atoms with Gasteiger partial charge < -0.3 is 20.7 Å². The maximum Gasteiger partial charge on any atom is 0.272 e. The van der Waals surface area contributed by atoms with Crippen molar-refractivity contribution in [1.29, 1.82) is 0 Å². The molecule has 11 heteroatoms. The summed E-state index contributed by atoms with van der Waals surface area (Å²) >= 11 is 4.31. The zero-order valence-electron chi connectivity index (χ0n) is 22.9. The fraction of sp³-hybridized carbons (Fsp3) is 0.0625. The van der Waals surface area contributed by atoms with Crippen molar-refractivity contribution in [2.45, 2.75) is 4.90 Å². The quantitative estimate of drug-likeness (QED) is 0.107. The van der Waals surface area contributed by atoms with Gasteiger partial charge in [-0.15, -0.1) is 34.4 Å². The molecule has 0 saturated heterocycles. The second-order valence-corrected chi connectivity index (χ2v) is 11.8. The topological polar surface area (TPSA) is 109 Å². The van der Waals surface area contributed by atoms with Gasteiger partial charge in [0.2, 0.25) is 5.91 Å². The van der Waals surface area contributed by atoms with Gasteiger partial charge in [0.05, 0.1) is 23.4 Å². The largest absolute Gasteiger partial charge is 0.497 e. The van der Waals surface area contributed by atoms with Crippen molar-refractivity contribution in [3.63, 3.8) is 0 Å². The first-order valence-electron chi connectivity index (χ1n) is 13.0. The first-order chi connectivity index (χ1) is 21.0. The highest BCUT2D eigenvalue weighted by Crippen LogP contribution is 2.29. The van der Waals surface area contributed by atoms with Gasteiger partial charge >= 0.3 is 0 Å². The highest BCUT2D eigenvalue weighted by Gasteiger charge is 2.16. The number of nitrogens with zero attached hydrogens (tertiary/aromatic N) is 1. The molecule has 2 aromatic heterocycles. The SMILES string of the molecule is COc1ccc(/C=C(/NC(=O)c2ccccc2)C(=O)Nc2cccc(SCC(=O)Nc3nc(-c4cccs4)cs3)c2)cc1. The predicted octanol–water partition coefficient (Wildman–Crippen LogP) is 7.02. The molecule has 0 bridgehead atoms. The standard InChI is InChI=1S/C32H26N4O4S3/c1-40-24-14-12-21(13-15-24)17-26(34-30(38)22-7-3-2-4-8-22)31(39)33-23-9-5-10-25(18-23)42-20-29(37)36-32-35-27(19-43-32)28-11-6-16-41-28/h2-19H,20H2,1H3,(H,33,39)(H,34,38)(H,35,36,37)/b26-17+. The van der Waals surface area contributed by atoms with E-state index in [1.54, 1.807) is 91.3 Å². The third kappa shape index (κ3) is 8.41. The molecule has 2 heterocycles. The zero-order valence-corrected chi connectivity index (χ0v) is 25.4. The highest BCUT2D eigenvalue weighted by atomic mass is 32.2. The number of thiazole rings is 1. The number of carbonyl (C=O) groups is 3. The number of hydrogen-bond donors (Lipinski definition) is 3. The van der Waals surface area contributed by atoms with Gasteiger partial charge in [-0.05, 0) is 65.6 Å². The van der Waals surface area contributed by atoms with Crippen molar-refractivity contribution in [2.24, 2.45) is 0 Å². The Balaban J connectivity index is 1.23. The van der Waals surface area contributed by atoms with Crippen LogP contribution in [0.25, 0.3) is 16.6 Å². The third-order valence-electron chi connectivity index (χ3n) is 5.94. The summed E-state index contributed by atoms with van der Waals surface area (Å²) in [6, 6.07) is 26.9. The minimum atomic E-state index is -0.495. The van der Waals surface area contributed by atoms with Crippen molar-refractivity contribution < 1.29 is 19.1 Å². The van der Waals surface area contributed by atoms with E-state index in [-0.39, 0.29) is 17.4 Å². The molecule has 0 aliphatic heterocycles. The Hall–Kier alpha value is -4.71. The second kappa shape index (κ2) is 14.5. The molecule has 8 nitrogen and oxygen atoms in total. The number of anilines is 2. The molecular weight excluding hydrogens is 601 g/mol. The Morgan fingerprint density at radius 2 is 1.72 bits per heavy atom. The van der Waals surface area contributed by atoms with E-state index in [4.69, 9.17) is 4.74 Å². The third-order valence-corrected chi connectivity index (χ3v) is 8.59. The molecule has 5 rings (SSSR count). The summed E-state index contributed by atoms with van der Waals surface area (Å²) in [4.78, 5) is 45.2. The van der Waals surface area contributed by atoms with Gasteiger partial charge in [-0.2, -0.15) is 0 Å². The fourth-order valence-corrected chi connectivity index (χ4v) is 6.09. The van der Waals surface area contributed by atoms with Crippen molar-refractivity contribution in [1.82, 2.24) is 10.3 Å². The van der Waals surface area contributed by atoms with Gasteiger partial charge in [-0.3, -0.25) is 14.4 Å². The molecular formula is C32H26N4O4S3. The Morgan fingerprint density at radius 1 is 0.907 bits per heavy atom. The summed E-state index contributed by atoms with van der Waals surface area (Å²) < 4.78 is 5.21. The lowest BCUT2D eigenvalue weighted by Gasteiger charge is -2.12. The molecule has 0 spiro atoms. The van der Waals surface area contributed by atoms with Crippen LogP contribution in [0.3, 0.4) is 0 Å². The van der Waals surface area contributed by atoms with Crippen LogP contribution < -0.4 is 20.7 Å². The minimum Gasteiger partial charge on any atom is -0.497 e. The molecule has 3 aromatic carbocycles. The van der Waals surface area contributed by atoms with Gasteiger partial charge in [-0.25, -0.2) is 4.98 Å². The number of amides is 3. The maximum atomic E-state index is 13.4. The Kier molecular flexibility index (Phi) is 10.0. The molecule has 0 aliphatic rings. The first kappa shape index (κ1) is 29.8. The van der Waals surface area contributed by atoms with Crippen LogP contribution in [0.4, 0.5) is 10.8 Å². The lowest BCUT2D eigenvalue weighted by molar-refractivity contribution is -0.114. The van der Waals surface area contributed by atoms with Crippen molar-refractivity contribution in [2.75, 3.05) is 23.5 Å². The van der Waals surface area contributed by atoms with E-state index >= 15 is 0 Å². The van der Waals surface area contributed by atoms with Crippen LogP contribution in [0.5, 0.6) is 5.75 Å². The van der Waals surface area contributed by atoms with E-state index in [2.05, 4.69) is 20.9 Å². The molecule has 216 valence electrons. The van der Waals surface area contributed by atoms with Gasteiger partial charge in [0.25, 0.3) is 11.8 Å². The van der Waals surface area contributed by atoms with Crippen LogP contribution in [0.15, 0.2) is 112 Å². The molecule has 0 atom stereocenters. The average Bonchev–Trinajstić information content (AvgIpc) is 3.73. The summed E-state index contributed by atoms with van der Waals surface area (Å²) in [6.07, 6.45) is 1.60. The molecule has 0 saturated carbocycles. The number of carbonyl (C=O) groups excluding carboxylic acids is 3. The van der Waals surface area contributed by atoms with Crippen LogP contribution in [0.2, 0.25) is 0 Å². The molecule has 3 N–H and O–H groups in total. The zero-order chi connectivity index (χ0) is 30.0.